The summed E-state index contributed by atoms with van der Waals surface area (Å²) in [6.07, 6.45) is 6.27. The van der Waals surface area contributed by atoms with E-state index in [4.69, 9.17) is 16.6 Å². The van der Waals surface area contributed by atoms with Gasteiger partial charge in [-0.15, -0.1) is 0 Å². The number of piperidine rings is 1. The van der Waals surface area contributed by atoms with Crippen LogP contribution in [0, 0.1) is 0 Å². The number of halogens is 1. The van der Waals surface area contributed by atoms with Gasteiger partial charge in [-0.25, -0.2) is 9.97 Å². The SMILES string of the molecule is CC1CCCCN1c1cc(Cl)nc(C2CC2)n1. The maximum Gasteiger partial charge on any atom is 0.135 e. The predicted molar refractivity (Wildman–Crippen MR) is 69.7 cm³/mol. The summed E-state index contributed by atoms with van der Waals surface area (Å²) < 4.78 is 0. The predicted octanol–water partition coefficient (Wildman–Crippen LogP) is 3.39. The lowest BCUT2D eigenvalue weighted by Gasteiger charge is -2.34. The Labute approximate surface area is 107 Å². The zero-order valence-corrected chi connectivity index (χ0v) is 11.0. The molecule has 2 fully saturated rings. The summed E-state index contributed by atoms with van der Waals surface area (Å²) in [4.78, 5) is 11.4. The molecule has 1 atom stereocenters. The van der Waals surface area contributed by atoms with E-state index in [1.54, 1.807) is 0 Å². The summed E-state index contributed by atoms with van der Waals surface area (Å²) in [6.45, 7) is 3.37. The second-order valence-electron chi connectivity index (χ2n) is 5.22. The van der Waals surface area contributed by atoms with E-state index in [9.17, 15) is 0 Å². The van der Waals surface area contributed by atoms with Crippen LogP contribution in [0.3, 0.4) is 0 Å². The molecule has 0 bridgehead atoms. The Morgan fingerprint density at radius 3 is 2.76 bits per heavy atom. The van der Waals surface area contributed by atoms with Crippen molar-refractivity contribution < 1.29 is 0 Å². The van der Waals surface area contributed by atoms with Crippen molar-refractivity contribution in [1.29, 1.82) is 0 Å². The molecule has 1 aromatic rings. The summed E-state index contributed by atoms with van der Waals surface area (Å²) in [5.41, 5.74) is 0. The van der Waals surface area contributed by atoms with Crippen LogP contribution in [-0.4, -0.2) is 22.6 Å². The van der Waals surface area contributed by atoms with Crippen LogP contribution in [0.1, 0.15) is 50.8 Å². The molecule has 1 unspecified atom stereocenters. The van der Waals surface area contributed by atoms with Gasteiger partial charge in [0.1, 0.15) is 16.8 Å². The van der Waals surface area contributed by atoms with Gasteiger partial charge in [-0.1, -0.05) is 11.6 Å². The first-order valence-electron chi connectivity index (χ1n) is 6.55. The molecule has 0 amide bonds. The van der Waals surface area contributed by atoms with Crippen LogP contribution in [0.5, 0.6) is 0 Å². The van der Waals surface area contributed by atoms with Crippen molar-refractivity contribution in [1.82, 2.24) is 9.97 Å². The zero-order valence-electron chi connectivity index (χ0n) is 10.2. The second kappa shape index (κ2) is 4.45. The number of anilines is 1. The number of nitrogens with zero attached hydrogens (tertiary/aromatic N) is 3. The van der Waals surface area contributed by atoms with Gasteiger partial charge < -0.3 is 4.90 Å². The Kier molecular flexibility index (Phi) is 2.95. The highest BCUT2D eigenvalue weighted by molar-refractivity contribution is 6.29. The summed E-state index contributed by atoms with van der Waals surface area (Å²) in [5, 5.41) is 0.592. The minimum Gasteiger partial charge on any atom is -0.354 e. The second-order valence-corrected chi connectivity index (χ2v) is 5.61. The molecule has 0 radical (unpaired) electrons. The van der Waals surface area contributed by atoms with Gasteiger partial charge in [0.2, 0.25) is 0 Å². The highest BCUT2D eigenvalue weighted by Crippen LogP contribution is 2.39. The van der Waals surface area contributed by atoms with Crippen LogP contribution < -0.4 is 4.90 Å². The minimum atomic E-state index is 0.563. The average Bonchev–Trinajstić information content (AvgIpc) is 3.12. The van der Waals surface area contributed by atoms with E-state index in [0.717, 1.165) is 18.2 Å². The van der Waals surface area contributed by atoms with Crippen LogP contribution in [0.25, 0.3) is 0 Å². The zero-order chi connectivity index (χ0) is 11.8. The normalized spacial score (nSPS) is 25.1. The van der Waals surface area contributed by atoms with Crippen LogP contribution in [0.15, 0.2) is 6.07 Å². The number of hydrogen-bond donors (Lipinski definition) is 0. The molecule has 1 aromatic heterocycles. The van der Waals surface area contributed by atoms with E-state index in [0.29, 0.717) is 17.1 Å². The molecule has 2 heterocycles. The molecule has 0 spiro atoms. The fraction of sp³-hybridized carbons (Fsp3) is 0.692. The maximum atomic E-state index is 6.11. The highest BCUT2D eigenvalue weighted by atomic mass is 35.5. The summed E-state index contributed by atoms with van der Waals surface area (Å²) >= 11 is 6.11. The lowest BCUT2D eigenvalue weighted by Crippen LogP contribution is -2.38. The van der Waals surface area contributed by atoms with Gasteiger partial charge in [-0.3, -0.25) is 0 Å². The fourth-order valence-corrected chi connectivity index (χ4v) is 2.72. The van der Waals surface area contributed by atoms with Crippen LogP contribution in [0.4, 0.5) is 5.82 Å². The maximum absolute atomic E-state index is 6.11. The molecule has 17 heavy (non-hydrogen) atoms. The molecule has 0 aromatic carbocycles. The summed E-state index contributed by atoms with van der Waals surface area (Å²) in [6, 6.07) is 2.48. The third kappa shape index (κ3) is 2.39. The lowest BCUT2D eigenvalue weighted by molar-refractivity contribution is 0.480. The van der Waals surface area contributed by atoms with Crippen molar-refractivity contribution >= 4 is 17.4 Å². The minimum absolute atomic E-state index is 0.563. The molecular formula is C13H18ClN3. The molecule has 1 saturated carbocycles. The smallest absolute Gasteiger partial charge is 0.135 e. The topological polar surface area (TPSA) is 29.0 Å². The molecule has 92 valence electrons. The Bertz CT molecular complexity index is 417. The lowest BCUT2D eigenvalue weighted by atomic mass is 10.0. The van der Waals surface area contributed by atoms with Gasteiger partial charge >= 0.3 is 0 Å². The van der Waals surface area contributed by atoms with Crippen molar-refractivity contribution in [3.63, 3.8) is 0 Å². The summed E-state index contributed by atoms with van der Waals surface area (Å²) in [5.74, 6) is 2.54. The first-order valence-corrected chi connectivity index (χ1v) is 6.93. The van der Waals surface area contributed by atoms with Crippen LogP contribution >= 0.6 is 11.6 Å². The van der Waals surface area contributed by atoms with Crippen molar-refractivity contribution in [2.24, 2.45) is 0 Å². The number of aromatic nitrogens is 2. The first-order chi connectivity index (χ1) is 8.24. The third-order valence-electron chi connectivity index (χ3n) is 3.74. The fourth-order valence-electron chi connectivity index (χ4n) is 2.53. The van der Waals surface area contributed by atoms with E-state index in [-0.39, 0.29) is 0 Å². The quantitative estimate of drug-likeness (QED) is 0.755. The average molecular weight is 252 g/mol. The third-order valence-corrected chi connectivity index (χ3v) is 3.93. The Morgan fingerprint density at radius 2 is 2.06 bits per heavy atom. The summed E-state index contributed by atoms with van der Waals surface area (Å²) in [7, 11) is 0. The van der Waals surface area contributed by atoms with Gasteiger partial charge in [0.25, 0.3) is 0 Å². The molecular weight excluding hydrogens is 234 g/mol. The van der Waals surface area contributed by atoms with Crippen molar-refractivity contribution in [3.05, 3.63) is 17.0 Å². The van der Waals surface area contributed by atoms with Crippen molar-refractivity contribution in [3.8, 4) is 0 Å². The molecule has 3 rings (SSSR count). The molecule has 0 N–H and O–H groups in total. The first kappa shape index (κ1) is 11.3. The Hall–Kier alpha value is -0.830. The van der Waals surface area contributed by atoms with Gasteiger partial charge in [0, 0.05) is 24.6 Å². The molecule has 1 aliphatic carbocycles. The van der Waals surface area contributed by atoms with E-state index in [2.05, 4.69) is 16.8 Å². The van der Waals surface area contributed by atoms with E-state index >= 15 is 0 Å². The molecule has 2 aliphatic rings. The van der Waals surface area contributed by atoms with Crippen LogP contribution in [0.2, 0.25) is 5.15 Å². The van der Waals surface area contributed by atoms with Gasteiger partial charge in [0.15, 0.2) is 0 Å². The van der Waals surface area contributed by atoms with E-state index in [1.165, 1.54) is 32.1 Å². The monoisotopic (exact) mass is 251 g/mol. The van der Waals surface area contributed by atoms with Crippen molar-refractivity contribution in [2.45, 2.75) is 51.0 Å². The van der Waals surface area contributed by atoms with E-state index in [1.807, 2.05) is 6.07 Å². The number of hydrogen-bond acceptors (Lipinski definition) is 3. The van der Waals surface area contributed by atoms with Gasteiger partial charge in [-0.2, -0.15) is 0 Å². The molecule has 4 heteroatoms. The van der Waals surface area contributed by atoms with Gasteiger partial charge in [0.05, 0.1) is 0 Å². The Morgan fingerprint density at radius 1 is 1.24 bits per heavy atom. The molecule has 1 aliphatic heterocycles. The highest BCUT2D eigenvalue weighted by Gasteiger charge is 2.28. The van der Waals surface area contributed by atoms with Crippen LogP contribution in [-0.2, 0) is 0 Å². The molecule has 3 nitrogen and oxygen atoms in total. The van der Waals surface area contributed by atoms with E-state index < -0.39 is 0 Å². The number of rotatable bonds is 2. The largest absolute Gasteiger partial charge is 0.354 e. The standard InChI is InChI=1S/C13H18ClN3/c1-9-4-2-3-7-17(9)12-8-11(14)15-13(16-12)10-5-6-10/h8-10H,2-7H2,1H3. The van der Waals surface area contributed by atoms with Gasteiger partial charge in [-0.05, 0) is 39.0 Å². The Balaban J connectivity index is 1.90. The van der Waals surface area contributed by atoms with Crippen molar-refractivity contribution in [2.75, 3.05) is 11.4 Å². The molecule has 1 saturated heterocycles.